The Balaban J connectivity index is 2.29. The van der Waals surface area contributed by atoms with Crippen LogP contribution in [0, 0.1) is 10.1 Å². The highest BCUT2D eigenvalue weighted by atomic mass is 32.2. The Morgan fingerprint density at radius 2 is 1.95 bits per heavy atom. The van der Waals surface area contributed by atoms with E-state index in [9.17, 15) is 10.1 Å². The highest BCUT2D eigenvalue weighted by Gasteiger charge is 2.16. The average molecular weight is 291 g/mol. The van der Waals surface area contributed by atoms with E-state index in [4.69, 9.17) is 9.84 Å². The minimum atomic E-state index is -0.523. The van der Waals surface area contributed by atoms with Gasteiger partial charge in [0, 0.05) is 11.0 Å². The summed E-state index contributed by atoms with van der Waals surface area (Å²) in [4.78, 5) is 11.6. The van der Waals surface area contributed by atoms with Gasteiger partial charge in [0.05, 0.1) is 11.5 Å². The fraction of sp³-hybridized carbons (Fsp3) is 0.143. The highest BCUT2D eigenvalue weighted by molar-refractivity contribution is 7.98. The monoisotopic (exact) mass is 291 g/mol. The molecule has 2 aromatic carbocycles. The molecule has 104 valence electrons. The third kappa shape index (κ3) is 3.28. The number of aliphatic hydroxyl groups excluding tert-OH is 1. The van der Waals surface area contributed by atoms with Crippen LogP contribution in [0.4, 0.5) is 5.69 Å². The smallest absolute Gasteiger partial charge is 0.311 e. The molecule has 20 heavy (non-hydrogen) atoms. The molecule has 0 bridgehead atoms. The van der Waals surface area contributed by atoms with E-state index < -0.39 is 4.92 Å². The normalized spacial score (nSPS) is 10.3. The lowest BCUT2D eigenvalue weighted by atomic mass is 10.2. The maximum atomic E-state index is 11.0. The van der Waals surface area contributed by atoms with E-state index in [-0.39, 0.29) is 18.0 Å². The summed E-state index contributed by atoms with van der Waals surface area (Å²) in [6.07, 6.45) is 1.97. The lowest BCUT2D eigenvalue weighted by Crippen LogP contribution is -1.95. The van der Waals surface area contributed by atoms with E-state index in [2.05, 4.69) is 0 Å². The van der Waals surface area contributed by atoms with Gasteiger partial charge < -0.3 is 9.84 Å². The van der Waals surface area contributed by atoms with Gasteiger partial charge in [-0.05, 0) is 42.2 Å². The number of rotatable bonds is 5. The van der Waals surface area contributed by atoms with Crippen molar-refractivity contribution in [1.82, 2.24) is 0 Å². The first-order valence-electron chi connectivity index (χ1n) is 5.84. The number of nitro benzene ring substituents is 1. The van der Waals surface area contributed by atoms with Gasteiger partial charge in [-0.25, -0.2) is 0 Å². The molecule has 0 aromatic heterocycles. The molecule has 5 nitrogen and oxygen atoms in total. The van der Waals surface area contributed by atoms with E-state index in [1.165, 1.54) is 12.1 Å². The van der Waals surface area contributed by atoms with Gasteiger partial charge in [0.25, 0.3) is 0 Å². The standard InChI is InChI=1S/C14H13NO4S/c1-20-12-5-3-11(4-6-12)19-14-7-2-10(9-16)8-13(14)15(17)18/h2-8,16H,9H2,1H3. The van der Waals surface area contributed by atoms with Crippen molar-refractivity contribution in [3.8, 4) is 11.5 Å². The molecule has 0 heterocycles. The molecular formula is C14H13NO4S. The molecule has 2 aromatic rings. The van der Waals surface area contributed by atoms with Gasteiger partial charge in [-0.1, -0.05) is 6.07 Å². The Morgan fingerprint density at radius 1 is 1.25 bits per heavy atom. The molecule has 2 rings (SSSR count). The molecule has 0 atom stereocenters. The van der Waals surface area contributed by atoms with Gasteiger partial charge in [-0.15, -0.1) is 11.8 Å². The summed E-state index contributed by atoms with van der Waals surface area (Å²) in [6, 6.07) is 11.7. The van der Waals surface area contributed by atoms with Crippen LogP contribution < -0.4 is 4.74 Å². The zero-order chi connectivity index (χ0) is 14.5. The second-order valence-corrected chi connectivity index (χ2v) is 4.87. The van der Waals surface area contributed by atoms with Crippen molar-refractivity contribution in [3.63, 3.8) is 0 Å². The summed E-state index contributed by atoms with van der Waals surface area (Å²) in [5.41, 5.74) is 0.312. The largest absolute Gasteiger partial charge is 0.450 e. The lowest BCUT2D eigenvalue weighted by Gasteiger charge is -2.07. The van der Waals surface area contributed by atoms with E-state index in [0.29, 0.717) is 11.3 Å². The Bertz CT molecular complexity index is 613. The highest BCUT2D eigenvalue weighted by Crippen LogP contribution is 2.32. The van der Waals surface area contributed by atoms with Gasteiger partial charge in [-0.2, -0.15) is 0 Å². The maximum Gasteiger partial charge on any atom is 0.311 e. The number of aliphatic hydroxyl groups is 1. The van der Waals surface area contributed by atoms with Crippen LogP contribution in [-0.4, -0.2) is 16.3 Å². The Hall–Kier alpha value is -2.05. The van der Waals surface area contributed by atoms with Crippen LogP contribution in [0.1, 0.15) is 5.56 Å². The predicted molar refractivity (Wildman–Crippen MR) is 77.3 cm³/mol. The molecule has 1 N–H and O–H groups in total. The molecule has 0 aliphatic rings. The zero-order valence-electron chi connectivity index (χ0n) is 10.8. The van der Waals surface area contributed by atoms with Crippen molar-refractivity contribution in [2.24, 2.45) is 0 Å². The van der Waals surface area contributed by atoms with Gasteiger partial charge in [0.2, 0.25) is 5.75 Å². The van der Waals surface area contributed by atoms with Gasteiger partial charge >= 0.3 is 5.69 Å². The van der Waals surface area contributed by atoms with Crippen LogP contribution in [0.2, 0.25) is 0 Å². The van der Waals surface area contributed by atoms with Crippen molar-refractivity contribution in [2.75, 3.05) is 6.26 Å². The molecule has 0 radical (unpaired) electrons. The lowest BCUT2D eigenvalue weighted by molar-refractivity contribution is -0.385. The minimum absolute atomic E-state index is 0.157. The summed E-state index contributed by atoms with van der Waals surface area (Å²) in [7, 11) is 0. The maximum absolute atomic E-state index is 11.0. The minimum Gasteiger partial charge on any atom is -0.450 e. The third-order valence-electron chi connectivity index (χ3n) is 2.69. The molecule has 0 saturated heterocycles. The number of hydrogen-bond acceptors (Lipinski definition) is 5. The summed E-state index contributed by atoms with van der Waals surface area (Å²) in [5.74, 6) is 0.687. The van der Waals surface area contributed by atoms with Crippen molar-refractivity contribution in [2.45, 2.75) is 11.5 Å². The first-order valence-corrected chi connectivity index (χ1v) is 7.06. The summed E-state index contributed by atoms with van der Waals surface area (Å²) in [6.45, 7) is -0.246. The molecule has 0 unspecified atom stereocenters. The van der Waals surface area contributed by atoms with Crippen molar-refractivity contribution < 1.29 is 14.8 Å². The first-order chi connectivity index (χ1) is 9.63. The second-order valence-electron chi connectivity index (χ2n) is 3.99. The van der Waals surface area contributed by atoms with E-state index in [1.54, 1.807) is 30.0 Å². The number of benzene rings is 2. The molecule has 0 saturated carbocycles. The fourth-order valence-corrected chi connectivity index (χ4v) is 2.07. The Morgan fingerprint density at radius 3 is 2.50 bits per heavy atom. The zero-order valence-corrected chi connectivity index (χ0v) is 11.6. The molecular weight excluding hydrogens is 278 g/mol. The van der Waals surface area contributed by atoms with Crippen LogP contribution >= 0.6 is 11.8 Å². The molecule has 0 amide bonds. The molecule has 0 aliphatic carbocycles. The van der Waals surface area contributed by atoms with Gasteiger partial charge in [-0.3, -0.25) is 10.1 Å². The fourth-order valence-electron chi connectivity index (χ4n) is 1.66. The summed E-state index contributed by atoms with van der Waals surface area (Å²) < 4.78 is 5.54. The quantitative estimate of drug-likeness (QED) is 0.517. The van der Waals surface area contributed by atoms with Gasteiger partial charge in [0.1, 0.15) is 5.75 Å². The van der Waals surface area contributed by atoms with Crippen molar-refractivity contribution in [3.05, 3.63) is 58.1 Å². The molecule has 0 fully saturated rings. The SMILES string of the molecule is CSc1ccc(Oc2ccc(CO)cc2[N+](=O)[O-])cc1. The predicted octanol–water partition coefficient (Wildman–Crippen LogP) is 3.60. The topological polar surface area (TPSA) is 72.6 Å². The number of hydrogen-bond donors (Lipinski definition) is 1. The van der Waals surface area contributed by atoms with Crippen molar-refractivity contribution in [1.29, 1.82) is 0 Å². The first kappa shape index (κ1) is 14.4. The molecule has 0 aliphatic heterocycles. The summed E-state index contributed by atoms with van der Waals surface area (Å²) in [5, 5.41) is 20.0. The van der Waals surface area contributed by atoms with Gasteiger partial charge in [0.15, 0.2) is 0 Å². The van der Waals surface area contributed by atoms with E-state index in [1.807, 2.05) is 18.4 Å². The summed E-state index contributed by atoms with van der Waals surface area (Å²) >= 11 is 1.61. The van der Waals surface area contributed by atoms with E-state index >= 15 is 0 Å². The van der Waals surface area contributed by atoms with E-state index in [0.717, 1.165) is 4.90 Å². The third-order valence-corrected chi connectivity index (χ3v) is 3.43. The van der Waals surface area contributed by atoms with Crippen LogP contribution in [-0.2, 0) is 6.61 Å². The number of ether oxygens (including phenoxy) is 1. The van der Waals surface area contributed by atoms with Crippen LogP contribution in [0.3, 0.4) is 0 Å². The number of nitro groups is 1. The second kappa shape index (κ2) is 6.40. The Labute approximate surface area is 120 Å². The average Bonchev–Trinajstić information content (AvgIpc) is 2.48. The Kier molecular flexibility index (Phi) is 4.60. The van der Waals surface area contributed by atoms with Crippen LogP contribution in [0.15, 0.2) is 47.4 Å². The molecule has 0 spiro atoms. The van der Waals surface area contributed by atoms with Crippen LogP contribution in [0.25, 0.3) is 0 Å². The number of thioether (sulfide) groups is 1. The van der Waals surface area contributed by atoms with Crippen molar-refractivity contribution >= 4 is 17.4 Å². The van der Waals surface area contributed by atoms with Crippen LogP contribution in [0.5, 0.6) is 11.5 Å². The molecule has 6 heteroatoms. The number of nitrogens with zero attached hydrogens (tertiary/aromatic N) is 1.